The van der Waals surface area contributed by atoms with Crippen LogP contribution in [0.2, 0.25) is 0 Å². The predicted molar refractivity (Wildman–Crippen MR) is 102 cm³/mol. The number of sulfone groups is 1. The zero-order chi connectivity index (χ0) is 20.1. The smallest absolute Gasteiger partial charge is 0.341 e. The highest BCUT2D eigenvalue weighted by Crippen LogP contribution is 2.19. The van der Waals surface area contributed by atoms with Crippen molar-refractivity contribution in [1.82, 2.24) is 10.2 Å². The van der Waals surface area contributed by atoms with Gasteiger partial charge in [0.05, 0.1) is 4.90 Å². The standard InChI is InChI=1S/C20H22F2N2O3S/c21-20(22)28(26,27)18-9-7-17(8-10-18)19(25)23-13-15-3-5-16(6-4-15)14-24-11-1-2-12-24/h3-10,20H,1-2,11-14H2,(H,23,25). The molecule has 1 aliphatic heterocycles. The fourth-order valence-corrected chi connectivity index (χ4v) is 3.87. The van der Waals surface area contributed by atoms with Gasteiger partial charge >= 0.3 is 5.76 Å². The van der Waals surface area contributed by atoms with E-state index in [1.165, 1.54) is 30.5 Å². The second-order valence-electron chi connectivity index (χ2n) is 6.81. The molecule has 8 heteroatoms. The van der Waals surface area contributed by atoms with Crippen molar-refractivity contribution in [3.05, 3.63) is 65.2 Å². The number of hydrogen-bond donors (Lipinski definition) is 1. The van der Waals surface area contributed by atoms with Gasteiger partial charge in [-0.25, -0.2) is 8.42 Å². The zero-order valence-electron chi connectivity index (χ0n) is 15.3. The van der Waals surface area contributed by atoms with Crippen molar-refractivity contribution in [2.75, 3.05) is 13.1 Å². The molecule has 1 fully saturated rings. The van der Waals surface area contributed by atoms with Crippen molar-refractivity contribution in [2.24, 2.45) is 0 Å². The Hall–Kier alpha value is -2.32. The molecule has 0 radical (unpaired) electrons. The third-order valence-corrected chi connectivity index (χ3v) is 6.16. The molecule has 0 aromatic heterocycles. The number of nitrogens with zero attached hydrogens (tertiary/aromatic N) is 1. The minimum atomic E-state index is -4.66. The van der Waals surface area contributed by atoms with E-state index in [0.717, 1.165) is 37.3 Å². The normalized spacial score (nSPS) is 15.1. The summed E-state index contributed by atoms with van der Waals surface area (Å²) >= 11 is 0. The fraction of sp³-hybridized carbons (Fsp3) is 0.350. The second-order valence-corrected chi connectivity index (χ2v) is 8.73. The predicted octanol–water partition coefficient (Wildman–Crippen LogP) is 3.21. The molecule has 1 heterocycles. The lowest BCUT2D eigenvalue weighted by Gasteiger charge is -2.14. The van der Waals surface area contributed by atoms with Crippen LogP contribution in [0.25, 0.3) is 0 Å². The van der Waals surface area contributed by atoms with E-state index in [0.29, 0.717) is 6.54 Å². The number of rotatable bonds is 7. The van der Waals surface area contributed by atoms with E-state index < -0.39 is 26.4 Å². The molecule has 0 atom stereocenters. The highest BCUT2D eigenvalue weighted by molar-refractivity contribution is 7.91. The summed E-state index contributed by atoms with van der Waals surface area (Å²) in [5.74, 6) is -3.89. The lowest BCUT2D eigenvalue weighted by molar-refractivity contribution is 0.0951. The van der Waals surface area contributed by atoms with Gasteiger partial charge in [0.25, 0.3) is 5.91 Å². The topological polar surface area (TPSA) is 66.5 Å². The minimum Gasteiger partial charge on any atom is -0.348 e. The molecule has 1 saturated heterocycles. The highest BCUT2D eigenvalue weighted by Gasteiger charge is 2.26. The molecule has 1 amide bonds. The quantitative estimate of drug-likeness (QED) is 0.764. The molecule has 0 unspecified atom stereocenters. The third-order valence-electron chi connectivity index (χ3n) is 4.76. The maximum atomic E-state index is 12.5. The Morgan fingerprint density at radius 2 is 1.54 bits per heavy atom. The third kappa shape index (κ3) is 4.94. The number of nitrogens with one attached hydrogen (secondary N) is 1. The van der Waals surface area contributed by atoms with Gasteiger partial charge in [0.15, 0.2) is 0 Å². The summed E-state index contributed by atoms with van der Waals surface area (Å²) in [5.41, 5.74) is 2.38. The average molecular weight is 408 g/mol. The van der Waals surface area contributed by atoms with Crippen molar-refractivity contribution < 1.29 is 22.0 Å². The number of alkyl halides is 2. The summed E-state index contributed by atoms with van der Waals surface area (Å²) in [6.07, 6.45) is 2.50. The van der Waals surface area contributed by atoms with E-state index in [2.05, 4.69) is 10.2 Å². The summed E-state index contributed by atoms with van der Waals surface area (Å²) in [4.78, 5) is 14.1. The highest BCUT2D eigenvalue weighted by atomic mass is 32.2. The minimum absolute atomic E-state index is 0.207. The SMILES string of the molecule is O=C(NCc1ccc(CN2CCCC2)cc1)c1ccc(S(=O)(=O)C(F)F)cc1. The molecule has 0 aliphatic carbocycles. The van der Waals surface area contributed by atoms with Crippen LogP contribution in [0.5, 0.6) is 0 Å². The number of halogens is 2. The number of carbonyl (C=O) groups is 1. The Kier molecular flexibility index (Phi) is 6.41. The number of carbonyl (C=O) groups excluding carboxylic acids is 1. The summed E-state index contributed by atoms with van der Waals surface area (Å²) in [6, 6.07) is 12.5. The number of likely N-dealkylation sites (tertiary alicyclic amines) is 1. The molecule has 150 valence electrons. The maximum absolute atomic E-state index is 12.5. The van der Waals surface area contributed by atoms with Crippen LogP contribution in [0.15, 0.2) is 53.4 Å². The van der Waals surface area contributed by atoms with E-state index in [1.54, 1.807) is 0 Å². The van der Waals surface area contributed by atoms with Gasteiger partial charge in [-0.2, -0.15) is 8.78 Å². The number of hydrogen-bond acceptors (Lipinski definition) is 4. The molecule has 2 aromatic carbocycles. The van der Waals surface area contributed by atoms with Crippen LogP contribution in [0.3, 0.4) is 0 Å². The van der Waals surface area contributed by atoms with E-state index in [4.69, 9.17) is 0 Å². The van der Waals surface area contributed by atoms with Gasteiger partial charge in [0.1, 0.15) is 0 Å². The van der Waals surface area contributed by atoms with Gasteiger partial charge in [-0.15, -0.1) is 0 Å². The Bertz CT molecular complexity index is 907. The maximum Gasteiger partial charge on any atom is 0.341 e. The van der Waals surface area contributed by atoms with Crippen molar-refractivity contribution in [1.29, 1.82) is 0 Å². The van der Waals surface area contributed by atoms with E-state index in [9.17, 15) is 22.0 Å². The summed E-state index contributed by atoms with van der Waals surface area (Å²) in [7, 11) is -4.66. The first-order chi connectivity index (χ1) is 13.4. The molecule has 0 bridgehead atoms. The van der Waals surface area contributed by atoms with Crippen LogP contribution in [0.1, 0.15) is 34.3 Å². The van der Waals surface area contributed by atoms with Gasteiger partial charge in [0, 0.05) is 18.7 Å². The van der Waals surface area contributed by atoms with E-state index in [-0.39, 0.29) is 5.56 Å². The van der Waals surface area contributed by atoms with Gasteiger partial charge in [-0.3, -0.25) is 9.69 Å². The van der Waals surface area contributed by atoms with Crippen LogP contribution < -0.4 is 5.32 Å². The Labute approximate surface area is 163 Å². The molecule has 28 heavy (non-hydrogen) atoms. The van der Waals surface area contributed by atoms with Crippen molar-refractivity contribution in [2.45, 2.75) is 36.6 Å². The van der Waals surface area contributed by atoms with Crippen LogP contribution in [-0.2, 0) is 22.9 Å². The van der Waals surface area contributed by atoms with Gasteiger partial charge in [0.2, 0.25) is 9.84 Å². The van der Waals surface area contributed by atoms with Crippen molar-refractivity contribution >= 4 is 15.7 Å². The summed E-state index contributed by atoms with van der Waals surface area (Å²) < 4.78 is 47.9. The monoisotopic (exact) mass is 408 g/mol. The van der Waals surface area contributed by atoms with Crippen molar-refractivity contribution in [3.8, 4) is 0 Å². The van der Waals surface area contributed by atoms with Gasteiger partial charge in [-0.05, 0) is 61.3 Å². The Balaban J connectivity index is 1.55. The average Bonchev–Trinajstić information content (AvgIpc) is 3.20. The zero-order valence-corrected chi connectivity index (χ0v) is 16.1. The lowest BCUT2D eigenvalue weighted by Crippen LogP contribution is -2.23. The largest absolute Gasteiger partial charge is 0.348 e. The van der Waals surface area contributed by atoms with Gasteiger partial charge < -0.3 is 5.32 Å². The second kappa shape index (κ2) is 8.79. The molecule has 3 rings (SSSR count). The summed E-state index contributed by atoms with van der Waals surface area (Å²) in [6.45, 7) is 3.52. The molecule has 0 saturated carbocycles. The molecule has 2 aromatic rings. The first-order valence-corrected chi connectivity index (χ1v) is 10.6. The van der Waals surface area contributed by atoms with E-state index in [1.807, 2.05) is 24.3 Å². The Morgan fingerprint density at radius 1 is 0.964 bits per heavy atom. The Morgan fingerprint density at radius 3 is 2.11 bits per heavy atom. The van der Waals surface area contributed by atoms with Crippen LogP contribution in [-0.4, -0.2) is 38.1 Å². The molecule has 0 spiro atoms. The molecule has 1 N–H and O–H groups in total. The first kappa shape index (κ1) is 20.4. The van der Waals surface area contributed by atoms with Crippen molar-refractivity contribution in [3.63, 3.8) is 0 Å². The molecular formula is C20H22F2N2O3S. The lowest BCUT2D eigenvalue weighted by atomic mass is 10.1. The van der Waals surface area contributed by atoms with Crippen LogP contribution >= 0.6 is 0 Å². The number of benzene rings is 2. The summed E-state index contributed by atoms with van der Waals surface area (Å²) in [5, 5.41) is 2.74. The molecule has 5 nitrogen and oxygen atoms in total. The first-order valence-electron chi connectivity index (χ1n) is 9.07. The molecule has 1 aliphatic rings. The van der Waals surface area contributed by atoms with Gasteiger partial charge in [-0.1, -0.05) is 24.3 Å². The van der Waals surface area contributed by atoms with Crippen LogP contribution in [0.4, 0.5) is 8.78 Å². The molecular weight excluding hydrogens is 386 g/mol. The number of amides is 1. The van der Waals surface area contributed by atoms with Crippen LogP contribution in [0, 0.1) is 0 Å². The fourth-order valence-electron chi connectivity index (χ4n) is 3.14. The van der Waals surface area contributed by atoms with E-state index >= 15 is 0 Å².